The first-order valence-electron chi connectivity index (χ1n) is 6.29. The van der Waals surface area contributed by atoms with Crippen molar-refractivity contribution >= 4 is 34.0 Å². The Hall–Kier alpha value is -0.540. The lowest BCUT2D eigenvalue weighted by atomic mass is 10.1. The Morgan fingerprint density at radius 2 is 1.77 bits per heavy atom. The summed E-state index contributed by atoms with van der Waals surface area (Å²) in [5.41, 5.74) is -1.08. The average Bonchev–Trinajstić information content (AvgIpc) is 2.37. The fraction of sp³-hybridized carbons (Fsp3) is 0.500. The molecular weight excluding hydrogens is 364 g/mol. The van der Waals surface area contributed by atoms with Crippen LogP contribution in [0, 0.1) is 0 Å². The van der Waals surface area contributed by atoms with Gasteiger partial charge in [0.25, 0.3) is 0 Å². The molecule has 0 atom stereocenters. The highest BCUT2D eigenvalue weighted by Crippen LogP contribution is 2.33. The molecule has 1 aliphatic heterocycles. The predicted molar refractivity (Wildman–Crippen MR) is 79.9 cm³/mol. The molecule has 0 bridgehead atoms. The Morgan fingerprint density at radius 1 is 1.18 bits per heavy atom. The van der Waals surface area contributed by atoms with Gasteiger partial charge in [-0.25, -0.2) is 13.1 Å². The molecule has 0 aromatic heterocycles. The van der Waals surface area contributed by atoms with Crippen LogP contribution in [0.15, 0.2) is 23.1 Å². The quantitative estimate of drug-likeness (QED) is 0.849. The zero-order chi connectivity index (χ0) is 15.7. The van der Waals surface area contributed by atoms with Crippen molar-refractivity contribution in [3.63, 3.8) is 0 Å². The van der Waals surface area contributed by atoms with Crippen molar-refractivity contribution in [2.45, 2.75) is 30.0 Å². The molecule has 0 aliphatic carbocycles. The van der Waals surface area contributed by atoms with Crippen LogP contribution in [0.1, 0.15) is 18.4 Å². The summed E-state index contributed by atoms with van der Waals surface area (Å²) in [5, 5.41) is 2.81. The minimum atomic E-state index is -4.65. The van der Waals surface area contributed by atoms with Crippen LogP contribution in [0.25, 0.3) is 0 Å². The van der Waals surface area contributed by atoms with Gasteiger partial charge in [-0.15, -0.1) is 12.4 Å². The summed E-state index contributed by atoms with van der Waals surface area (Å²) in [6.45, 7) is 1.33. The van der Waals surface area contributed by atoms with E-state index >= 15 is 0 Å². The highest BCUT2D eigenvalue weighted by atomic mass is 35.5. The Morgan fingerprint density at radius 3 is 2.32 bits per heavy atom. The number of alkyl halides is 3. The first-order chi connectivity index (χ1) is 9.68. The van der Waals surface area contributed by atoms with Crippen LogP contribution in [-0.2, 0) is 16.2 Å². The topological polar surface area (TPSA) is 58.2 Å². The third-order valence-electron chi connectivity index (χ3n) is 3.17. The van der Waals surface area contributed by atoms with E-state index in [9.17, 15) is 21.6 Å². The molecule has 1 heterocycles. The van der Waals surface area contributed by atoms with Crippen molar-refractivity contribution in [1.29, 1.82) is 0 Å². The van der Waals surface area contributed by atoms with Gasteiger partial charge in [-0.2, -0.15) is 13.2 Å². The van der Waals surface area contributed by atoms with Crippen molar-refractivity contribution in [2.75, 3.05) is 13.1 Å². The van der Waals surface area contributed by atoms with Gasteiger partial charge >= 0.3 is 6.18 Å². The maximum atomic E-state index is 12.7. The minimum absolute atomic E-state index is 0. The van der Waals surface area contributed by atoms with Gasteiger partial charge in [-0.05, 0) is 44.1 Å². The molecule has 0 spiro atoms. The van der Waals surface area contributed by atoms with Gasteiger partial charge in [0, 0.05) is 11.1 Å². The second-order valence-corrected chi connectivity index (χ2v) is 6.97. The van der Waals surface area contributed by atoms with Crippen LogP contribution in [0.2, 0.25) is 5.02 Å². The van der Waals surface area contributed by atoms with Crippen LogP contribution in [0.4, 0.5) is 13.2 Å². The third kappa shape index (κ3) is 4.99. The fourth-order valence-corrected chi connectivity index (χ4v) is 3.78. The van der Waals surface area contributed by atoms with Gasteiger partial charge in [0.1, 0.15) is 0 Å². The zero-order valence-corrected chi connectivity index (χ0v) is 13.7. The van der Waals surface area contributed by atoms with Gasteiger partial charge in [-0.1, -0.05) is 11.6 Å². The minimum Gasteiger partial charge on any atom is -0.317 e. The van der Waals surface area contributed by atoms with Gasteiger partial charge < -0.3 is 5.32 Å². The molecule has 10 heteroatoms. The molecule has 2 rings (SSSR count). The van der Waals surface area contributed by atoms with Gasteiger partial charge in [0.2, 0.25) is 10.0 Å². The monoisotopic (exact) mass is 378 g/mol. The zero-order valence-electron chi connectivity index (χ0n) is 11.3. The summed E-state index contributed by atoms with van der Waals surface area (Å²) in [6.07, 6.45) is -3.47. The normalized spacial score (nSPS) is 17.1. The van der Waals surface area contributed by atoms with E-state index in [1.807, 2.05) is 0 Å². The lowest BCUT2D eigenvalue weighted by molar-refractivity contribution is -0.137. The number of benzene rings is 1. The van der Waals surface area contributed by atoms with E-state index in [-0.39, 0.29) is 23.5 Å². The molecule has 2 N–H and O–H groups in total. The van der Waals surface area contributed by atoms with E-state index in [4.69, 9.17) is 11.6 Å². The van der Waals surface area contributed by atoms with Crippen LogP contribution >= 0.6 is 24.0 Å². The van der Waals surface area contributed by atoms with E-state index in [1.54, 1.807) is 0 Å². The number of piperidine rings is 1. The van der Waals surface area contributed by atoms with Gasteiger partial charge in [0.15, 0.2) is 0 Å². The fourth-order valence-electron chi connectivity index (χ4n) is 2.11. The summed E-state index contributed by atoms with van der Waals surface area (Å²) < 4.78 is 64.9. The summed E-state index contributed by atoms with van der Waals surface area (Å²) in [6, 6.07) is 2.02. The molecule has 22 heavy (non-hydrogen) atoms. The summed E-state index contributed by atoms with van der Waals surface area (Å²) in [5.74, 6) is 0. The number of hydrogen-bond donors (Lipinski definition) is 2. The smallest absolute Gasteiger partial charge is 0.317 e. The Kier molecular flexibility index (Phi) is 6.52. The molecular formula is C12H15Cl2F3N2O2S. The molecule has 0 radical (unpaired) electrons. The number of halogens is 5. The van der Waals surface area contributed by atoms with Crippen molar-refractivity contribution in [3.05, 3.63) is 28.8 Å². The lowest BCUT2D eigenvalue weighted by Crippen LogP contribution is -2.42. The number of rotatable bonds is 3. The maximum Gasteiger partial charge on any atom is 0.416 e. The molecule has 126 valence electrons. The average molecular weight is 379 g/mol. The van der Waals surface area contributed by atoms with Crippen LogP contribution < -0.4 is 10.0 Å². The second kappa shape index (κ2) is 7.35. The molecule has 1 fully saturated rings. The van der Waals surface area contributed by atoms with Crippen LogP contribution in [-0.4, -0.2) is 27.5 Å². The van der Waals surface area contributed by atoms with Crippen molar-refractivity contribution < 1.29 is 21.6 Å². The summed E-state index contributed by atoms with van der Waals surface area (Å²) >= 11 is 5.60. The Balaban J connectivity index is 0.00000242. The molecule has 0 unspecified atom stereocenters. The van der Waals surface area contributed by atoms with Crippen LogP contribution in [0.5, 0.6) is 0 Å². The molecule has 0 saturated carbocycles. The van der Waals surface area contributed by atoms with E-state index < -0.39 is 26.7 Å². The first-order valence-corrected chi connectivity index (χ1v) is 8.15. The lowest BCUT2D eigenvalue weighted by Gasteiger charge is -2.23. The van der Waals surface area contributed by atoms with E-state index in [0.717, 1.165) is 6.07 Å². The predicted octanol–water partition coefficient (Wildman–Crippen LogP) is 2.81. The van der Waals surface area contributed by atoms with E-state index in [2.05, 4.69) is 10.0 Å². The highest BCUT2D eigenvalue weighted by molar-refractivity contribution is 7.89. The maximum absolute atomic E-state index is 12.7. The largest absolute Gasteiger partial charge is 0.416 e. The van der Waals surface area contributed by atoms with Crippen molar-refractivity contribution in [2.24, 2.45) is 0 Å². The Bertz CT molecular complexity index is 617. The molecule has 0 amide bonds. The molecule has 1 saturated heterocycles. The Labute approximate surface area is 137 Å². The summed E-state index contributed by atoms with van der Waals surface area (Å²) in [7, 11) is -4.03. The third-order valence-corrected chi connectivity index (χ3v) is 4.89. The van der Waals surface area contributed by atoms with Gasteiger partial charge in [0.05, 0.1) is 10.5 Å². The molecule has 1 aromatic rings. The second-order valence-electron chi connectivity index (χ2n) is 4.82. The van der Waals surface area contributed by atoms with E-state index in [0.29, 0.717) is 38.1 Å². The van der Waals surface area contributed by atoms with E-state index in [1.165, 1.54) is 0 Å². The SMILES string of the molecule is Cl.O=S(=O)(NC1CCNCC1)c1cc(Cl)cc(C(F)(F)F)c1. The first kappa shape index (κ1) is 19.5. The number of nitrogens with one attached hydrogen (secondary N) is 2. The summed E-state index contributed by atoms with van der Waals surface area (Å²) in [4.78, 5) is -0.471. The molecule has 4 nitrogen and oxygen atoms in total. The number of hydrogen-bond acceptors (Lipinski definition) is 3. The van der Waals surface area contributed by atoms with Crippen molar-refractivity contribution in [3.8, 4) is 0 Å². The standard InChI is InChI=1S/C12H14ClF3N2O2S.ClH/c13-9-5-8(12(14,15)16)6-11(7-9)21(19,20)18-10-1-3-17-4-2-10;/h5-7,10,17-18H,1-4H2;1H. The molecule has 1 aromatic carbocycles. The van der Waals surface area contributed by atoms with Gasteiger partial charge in [-0.3, -0.25) is 0 Å². The highest BCUT2D eigenvalue weighted by Gasteiger charge is 2.33. The molecule has 1 aliphatic rings. The van der Waals surface area contributed by atoms with Crippen LogP contribution in [0.3, 0.4) is 0 Å². The van der Waals surface area contributed by atoms with Crippen molar-refractivity contribution in [1.82, 2.24) is 10.0 Å². The number of sulfonamides is 1.